The zero-order valence-electron chi connectivity index (χ0n) is 12.0. The van der Waals surface area contributed by atoms with E-state index in [2.05, 4.69) is 51.5 Å². The number of nitrogens with one attached hydrogen (secondary N) is 2. The smallest absolute Gasteiger partial charge is 0.0924 e. The molecule has 0 spiro atoms. The quantitative estimate of drug-likeness (QED) is 0.901. The van der Waals surface area contributed by atoms with E-state index in [-0.39, 0.29) is 0 Å². The van der Waals surface area contributed by atoms with E-state index in [1.165, 1.54) is 43.6 Å². The zero-order chi connectivity index (χ0) is 13.8. The van der Waals surface area contributed by atoms with E-state index in [1.807, 2.05) is 6.20 Å². The largest absolute Gasteiger partial charge is 0.382 e. The van der Waals surface area contributed by atoms with E-state index in [9.17, 15) is 0 Å². The number of hydrogen-bond acceptors (Lipinski definition) is 3. The fourth-order valence-corrected chi connectivity index (χ4v) is 2.78. The molecule has 0 amide bonds. The van der Waals surface area contributed by atoms with Gasteiger partial charge in [-0.2, -0.15) is 0 Å². The van der Waals surface area contributed by atoms with Crippen LogP contribution in [0.25, 0.3) is 11.3 Å². The van der Waals surface area contributed by atoms with E-state index >= 15 is 0 Å². The number of imidazole rings is 1. The summed E-state index contributed by atoms with van der Waals surface area (Å²) in [7, 11) is 2.21. The third-order valence-electron chi connectivity index (χ3n) is 4.02. The number of nitrogens with zero attached hydrogens (tertiary/aromatic N) is 2. The topological polar surface area (TPSA) is 44.0 Å². The number of rotatable bonds is 3. The Morgan fingerprint density at radius 2 is 2.05 bits per heavy atom. The molecule has 0 bridgehead atoms. The highest BCUT2D eigenvalue weighted by molar-refractivity contribution is 5.62. The minimum absolute atomic E-state index is 0.595. The van der Waals surface area contributed by atoms with E-state index in [1.54, 1.807) is 6.33 Å². The van der Waals surface area contributed by atoms with Crippen LogP contribution in [0.4, 0.5) is 5.69 Å². The van der Waals surface area contributed by atoms with Crippen LogP contribution in [0.5, 0.6) is 0 Å². The van der Waals surface area contributed by atoms with Gasteiger partial charge in [-0.25, -0.2) is 4.98 Å². The first-order valence-corrected chi connectivity index (χ1v) is 7.35. The SMILES string of the molecule is CN1CCCC(Nc2ccc(-c3cnc[nH]3)cc2)CC1. The van der Waals surface area contributed by atoms with E-state index in [4.69, 9.17) is 0 Å². The predicted octanol–water partition coefficient (Wildman–Crippen LogP) is 2.97. The van der Waals surface area contributed by atoms with Crippen LogP contribution < -0.4 is 5.32 Å². The molecule has 4 nitrogen and oxygen atoms in total. The van der Waals surface area contributed by atoms with Gasteiger partial charge in [0.1, 0.15) is 0 Å². The van der Waals surface area contributed by atoms with Crippen LogP contribution in [-0.2, 0) is 0 Å². The van der Waals surface area contributed by atoms with Crippen molar-refractivity contribution < 1.29 is 0 Å². The van der Waals surface area contributed by atoms with Crippen molar-refractivity contribution in [3.63, 3.8) is 0 Å². The summed E-state index contributed by atoms with van der Waals surface area (Å²) in [5.41, 5.74) is 3.45. The fraction of sp³-hybridized carbons (Fsp3) is 0.438. The van der Waals surface area contributed by atoms with Gasteiger partial charge in [-0.1, -0.05) is 12.1 Å². The first-order valence-electron chi connectivity index (χ1n) is 7.35. The van der Waals surface area contributed by atoms with Gasteiger partial charge in [-0.3, -0.25) is 0 Å². The van der Waals surface area contributed by atoms with Gasteiger partial charge in [0.25, 0.3) is 0 Å². The molecule has 2 N–H and O–H groups in total. The van der Waals surface area contributed by atoms with Crippen LogP contribution in [0.1, 0.15) is 19.3 Å². The Bertz CT molecular complexity index is 518. The van der Waals surface area contributed by atoms with E-state index < -0.39 is 0 Å². The molecule has 0 radical (unpaired) electrons. The molecule has 0 aliphatic carbocycles. The van der Waals surface area contributed by atoms with Crippen molar-refractivity contribution in [2.75, 3.05) is 25.5 Å². The molecule has 1 saturated heterocycles. The normalized spacial score (nSPS) is 20.6. The molecule has 4 heteroatoms. The Morgan fingerprint density at radius 3 is 2.80 bits per heavy atom. The van der Waals surface area contributed by atoms with Gasteiger partial charge in [0.15, 0.2) is 0 Å². The summed E-state index contributed by atoms with van der Waals surface area (Å²) >= 11 is 0. The molecule has 1 aromatic carbocycles. The molecule has 2 aromatic rings. The molecule has 1 unspecified atom stereocenters. The summed E-state index contributed by atoms with van der Waals surface area (Å²) in [5, 5.41) is 3.66. The molecule has 1 aliphatic rings. The van der Waals surface area contributed by atoms with Gasteiger partial charge in [-0.15, -0.1) is 0 Å². The van der Waals surface area contributed by atoms with Crippen LogP contribution in [0.15, 0.2) is 36.8 Å². The second-order valence-corrected chi connectivity index (χ2v) is 5.62. The molecular formula is C16H22N4. The van der Waals surface area contributed by atoms with Crippen LogP contribution in [0, 0.1) is 0 Å². The Morgan fingerprint density at radius 1 is 1.20 bits per heavy atom. The minimum Gasteiger partial charge on any atom is -0.382 e. The fourth-order valence-electron chi connectivity index (χ4n) is 2.78. The van der Waals surface area contributed by atoms with Crippen LogP contribution in [-0.4, -0.2) is 41.0 Å². The van der Waals surface area contributed by atoms with Crippen molar-refractivity contribution in [2.24, 2.45) is 0 Å². The molecule has 1 atom stereocenters. The number of aromatic amines is 1. The number of aromatic nitrogens is 2. The molecule has 2 heterocycles. The molecule has 20 heavy (non-hydrogen) atoms. The maximum absolute atomic E-state index is 4.06. The maximum Gasteiger partial charge on any atom is 0.0924 e. The highest BCUT2D eigenvalue weighted by Gasteiger charge is 2.14. The summed E-state index contributed by atoms with van der Waals surface area (Å²) < 4.78 is 0. The van der Waals surface area contributed by atoms with Crippen LogP contribution in [0.3, 0.4) is 0 Å². The lowest BCUT2D eigenvalue weighted by molar-refractivity contribution is 0.348. The Kier molecular flexibility index (Phi) is 4.02. The van der Waals surface area contributed by atoms with Crippen molar-refractivity contribution >= 4 is 5.69 Å². The second-order valence-electron chi connectivity index (χ2n) is 5.62. The number of benzene rings is 1. The molecule has 0 saturated carbocycles. The highest BCUT2D eigenvalue weighted by Crippen LogP contribution is 2.21. The van der Waals surface area contributed by atoms with Crippen molar-refractivity contribution in [1.82, 2.24) is 14.9 Å². The van der Waals surface area contributed by atoms with Gasteiger partial charge in [0.05, 0.1) is 18.2 Å². The number of hydrogen-bond donors (Lipinski definition) is 2. The molecule has 3 rings (SSSR count). The monoisotopic (exact) mass is 270 g/mol. The van der Waals surface area contributed by atoms with E-state index in [0.29, 0.717) is 6.04 Å². The predicted molar refractivity (Wildman–Crippen MR) is 82.8 cm³/mol. The van der Waals surface area contributed by atoms with Crippen molar-refractivity contribution in [2.45, 2.75) is 25.3 Å². The number of anilines is 1. The van der Waals surface area contributed by atoms with Crippen molar-refractivity contribution in [3.05, 3.63) is 36.8 Å². The van der Waals surface area contributed by atoms with Gasteiger partial charge >= 0.3 is 0 Å². The lowest BCUT2D eigenvalue weighted by Crippen LogP contribution is -2.22. The molecule has 1 fully saturated rings. The average molecular weight is 270 g/mol. The van der Waals surface area contributed by atoms with Gasteiger partial charge in [-0.05, 0) is 57.1 Å². The van der Waals surface area contributed by atoms with Gasteiger partial charge in [0, 0.05) is 11.7 Å². The maximum atomic E-state index is 4.06. The Balaban J connectivity index is 1.63. The van der Waals surface area contributed by atoms with Gasteiger partial charge < -0.3 is 15.2 Å². The van der Waals surface area contributed by atoms with Crippen molar-refractivity contribution in [1.29, 1.82) is 0 Å². The third-order valence-corrected chi connectivity index (χ3v) is 4.02. The van der Waals surface area contributed by atoms with Crippen molar-refractivity contribution in [3.8, 4) is 11.3 Å². The first-order chi connectivity index (χ1) is 9.81. The molecule has 1 aliphatic heterocycles. The Hall–Kier alpha value is -1.81. The molecular weight excluding hydrogens is 248 g/mol. The number of likely N-dealkylation sites (tertiary alicyclic amines) is 1. The zero-order valence-corrected chi connectivity index (χ0v) is 12.0. The van der Waals surface area contributed by atoms with Gasteiger partial charge in [0.2, 0.25) is 0 Å². The Labute approximate surface area is 120 Å². The summed E-state index contributed by atoms with van der Waals surface area (Å²) in [6, 6.07) is 9.19. The first kappa shape index (κ1) is 13.2. The number of H-pyrrole nitrogens is 1. The van der Waals surface area contributed by atoms with Crippen LogP contribution in [0.2, 0.25) is 0 Å². The minimum atomic E-state index is 0.595. The van der Waals surface area contributed by atoms with Crippen LogP contribution >= 0.6 is 0 Å². The summed E-state index contributed by atoms with van der Waals surface area (Å²) in [6.45, 7) is 2.40. The average Bonchev–Trinajstić information content (AvgIpc) is 2.92. The second kappa shape index (κ2) is 6.09. The lowest BCUT2D eigenvalue weighted by Gasteiger charge is -2.18. The summed E-state index contributed by atoms with van der Waals surface area (Å²) in [6.07, 6.45) is 7.32. The van der Waals surface area contributed by atoms with E-state index in [0.717, 1.165) is 5.69 Å². The summed E-state index contributed by atoms with van der Waals surface area (Å²) in [5.74, 6) is 0. The third kappa shape index (κ3) is 3.20. The summed E-state index contributed by atoms with van der Waals surface area (Å²) in [4.78, 5) is 9.61. The highest BCUT2D eigenvalue weighted by atomic mass is 15.1. The standard InChI is InChI=1S/C16H22N4/c1-20-9-2-3-14(8-10-20)19-15-6-4-13(5-7-15)16-11-17-12-18-16/h4-7,11-12,14,19H,2-3,8-10H2,1H3,(H,17,18). The lowest BCUT2D eigenvalue weighted by atomic mass is 10.1. The molecule has 1 aromatic heterocycles. The molecule has 106 valence electrons.